The highest BCUT2D eigenvalue weighted by molar-refractivity contribution is 7.92. The highest BCUT2D eigenvalue weighted by Gasteiger charge is 2.17. The van der Waals surface area contributed by atoms with Gasteiger partial charge in [-0.15, -0.1) is 0 Å². The number of methoxy groups -OCH3 is 1. The molecule has 0 radical (unpaired) electrons. The van der Waals surface area contributed by atoms with E-state index in [-0.39, 0.29) is 11.4 Å². The Morgan fingerprint density at radius 1 is 1.48 bits per heavy atom. The van der Waals surface area contributed by atoms with Crippen molar-refractivity contribution in [2.24, 2.45) is 5.73 Å². The molecule has 0 aliphatic heterocycles. The maximum atomic E-state index is 12.2. The first-order valence-corrected chi connectivity index (χ1v) is 7.43. The largest absolute Gasteiger partial charge is 0.495 e. The molecule has 0 bridgehead atoms. The Bertz CT molecular complexity index is 773. The zero-order valence-corrected chi connectivity index (χ0v) is 12.1. The fraction of sp³-hybridized carbons (Fsp3) is 0.154. The molecule has 8 heteroatoms. The summed E-state index contributed by atoms with van der Waals surface area (Å²) in [7, 11) is -2.28. The lowest BCUT2D eigenvalue weighted by molar-refractivity contribution is 0.417. The third-order valence-corrected chi connectivity index (χ3v) is 3.89. The summed E-state index contributed by atoms with van der Waals surface area (Å²) in [6.07, 6.45) is 2.50. The molecule has 0 amide bonds. The summed E-state index contributed by atoms with van der Waals surface area (Å²) in [6, 6.07) is 4.93. The van der Waals surface area contributed by atoms with Crippen molar-refractivity contribution >= 4 is 15.7 Å². The maximum absolute atomic E-state index is 12.2. The van der Waals surface area contributed by atoms with Gasteiger partial charge in [0.1, 0.15) is 10.6 Å². The van der Waals surface area contributed by atoms with E-state index in [9.17, 15) is 8.42 Å². The molecule has 0 saturated carbocycles. The summed E-state index contributed by atoms with van der Waals surface area (Å²) < 4.78 is 31.9. The summed E-state index contributed by atoms with van der Waals surface area (Å²) >= 11 is 0. The van der Waals surface area contributed by atoms with Crippen LogP contribution in [-0.4, -0.2) is 32.3 Å². The number of benzene rings is 1. The van der Waals surface area contributed by atoms with E-state index in [1.54, 1.807) is 18.2 Å². The van der Waals surface area contributed by atoms with Gasteiger partial charge in [0, 0.05) is 11.8 Å². The molecule has 0 fully saturated rings. The Kier molecular flexibility index (Phi) is 4.47. The van der Waals surface area contributed by atoms with Crippen molar-refractivity contribution in [2.45, 2.75) is 4.90 Å². The van der Waals surface area contributed by atoms with Crippen LogP contribution in [-0.2, 0) is 10.0 Å². The van der Waals surface area contributed by atoms with Gasteiger partial charge in [0.05, 0.1) is 25.5 Å². The molecular weight excluding hydrogens is 292 g/mol. The quantitative estimate of drug-likeness (QED) is 0.714. The van der Waals surface area contributed by atoms with Gasteiger partial charge in [-0.05, 0) is 18.2 Å². The summed E-state index contributed by atoms with van der Waals surface area (Å²) in [4.78, 5) is 0.0306. The second-order valence-corrected chi connectivity index (χ2v) is 5.64. The number of aromatic nitrogens is 2. The van der Waals surface area contributed by atoms with Crippen LogP contribution in [0.5, 0.6) is 5.75 Å². The molecule has 7 nitrogen and oxygen atoms in total. The summed E-state index contributed by atoms with van der Waals surface area (Å²) in [5, 5.41) is 6.07. The minimum absolute atomic E-state index is 0.0306. The van der Waals surface area contributed by atoms with Gasteiger partial charge in [-0.3, -0.25) is 9.82 Å². The van der Waals surface area contributed by atoms with Crippen LogP contribution in [0.1, 0.15) is 5.56 Å². The number of hydrogen-bond donors (Lipinski definition) is 3. The molecule has 1 heterocycles. The van der Waals surface area contributed by atoms with Crippen molar-refractivity contribution in [1.29, 1.82) is 0 Å². The van der Waals surface area contributed by atoms with Crippen LogP contribution in [0.25, 0.3) is 0 Å². The van der Waals surface area contributed by atoms with Crippen LogP contribution >= 0.6 is 0 Å². The molecule has 0 unspecified atom stereocenters. The maximum Gasteiger partial charge on any atom is 0.265 e. The second kappa shape index (κ2) is 6.30. The van der Waals surface area contributed by atoms with E-state index < -0.39 is 10.0 Å². The van der Waals surface area contributed by atoms with Gasteiger partial charge >= 0.3 is 0 Å². The Morgan fingerprint density at radius 2 is 2.29 bits per heavy atom. The number of hydrogen-bond acceptors (Lipinski definition) is 5. The monoisotopic (exact) mass is 306 g/mol. The molecule has 2 rings (SSSR count). The van der Waals surface area contributed by atoms with Crippen molar-refractivity contribution in [3.8, 4) is 17.6 Å². The first-order chi connectivity index (χ1) is 10.1. The predicted molar refractivity (Wildman–Crippen MR) is 78.3 cm³/mol. The Hall–Kier alpha value is -2.50. The zero-order chi connectivity index (χ0) is 15.3. The Labute approximate surface area is 122 Å². The number of rotatable bonds is 4. The lowest BCUT2D eigenvalue weighted by atomic mass is 10.2. The van der Waals surface area contributed by atoms with Crippen molar-refractivity contribution in [3.63, 3.8) is 0 Å². The van der Waals surface area contributed by atoms with E-state index in [2.05, 4.69) is 26.8 Å². The molecule has 0 spiro atoms. The van der Waals surface area contributed by atoms with Gasteiger partial charge in [0.2, 0.25) is 0 Å². The molecule has 0 aliphatic rings. The first kappa shape index (κ1) is 14.9. The van der Waals surface area contributed by atoms with Gasteiger partial charge in [0.15, 0.2) is 0 Å². The number of aromatic amines is 1. The molecule has 110 valence electrons. The lowest BCUT2D eigenvalue weighted by Crippen LogP contribution is -2.13. The van der Waals surface area contributed by atoms with E-state index in [0.29, 0.717) is 17.0 Å². The van der Waals surface area contributed by atoms with Crippen LogP contribution in [0.15, 0.2) is 35.5 Å². The molecule has 0 saturated heterocycles. The molecule has 0 aliphatic carbocycles. The van der Waals surface area contributed by atoms with Crippen LogP contribution < -0.4 is 15.2 Å². The van der Waals surface area contributed by atoms with Crippen LogP contribution in [0.4, 0.5) is 5.69 Å². The fourth-order valence-corrected chi connectivity index (χ4v) is 2.57. The van der Waals surface area contributed by atoms with E-state index in [1.807, 2.05) is 0 Å². The second-order valence-electron chi connectivity index (χ2n) is 3.96. The van der Waals surface area contributed by atoms with Crippen molar-refractivity contribution in [2.75, 3.05) is 18.4 Å². The number of nitrogens with zero attached hydrogens (tertiary/aromatic N) is 1. The zero-order valence-electron chi connectivity index (χ0n) is 11.3. The smallest absolute Gasteiger partial charge is 0.265 e. The Balaban J connectivity index is 2.38. The highest BCUT2D eigenvalue weighted by Crippen LogP contribution is 2.27. The summed E-state index contributed by atoms with van der Waals surface area (Å²) in [5.74, 6) is 5.93. The van der Waals surface area contributed by atoms with Gasteiger partial charge in [-0.25, -0.2) is 8.42 Å². The average molecular weight is 306 g/mol. The van der Waals surface area contributed by atoms with Crippen LogP contribution in [0.2, 0.25) is 0 Å². The van der Waals surface area contributed by atoms with Gasteiger partial charge < -0.3 is 10.5 Å². The van der Waals surface area contributed by atoms with E-state index in [1.165, 1.54) is 19.5 Å². The number of nitrogens with one attached hydrogen (secondary N) is 2. The minimum Gasteiger partial charge on any atom is -0.495 e. The number of H-pyrrole nitrogens is 1. The van der Waals surface area contributed by atoms with Gasteiger partial charge in [-0.1, -0.05) is 11.8 Å². The van der Waals surface area contributed by atoms with Crippen LogP contribution in [0, 0.1) is 11.8 Å². The van der Waals surface area contributed by atoms with Crippen molar-refractivity contribution in [1.82, 2.24) is 10.2 Å². The minimum atomic E-state index is -3.74. The number of ether oxygens (including phenoxy) is 1. The molecule has 1 aromatic carbocycles. The lowest BCUT2D eigenvalue weighted by Gasteiger charge is -2.11. The Morgan fingerprint density at radius 3 is 2.90 bits per heavy atom. The highest BCUT2D eigenvalue weighted by atomic mass is 32.2. The van der Waals surface area contributed by atoms with Crippen LogP contribution in [0.3, 0.4) is 0 Å². The third kappa shape index (κ3) is 3.53. The summed E-state index contributed by atoms with van der Waals surface area (Å²) in [5.41, 5.74) is 6.24. The van der Waals surface area contributed by atoms with Crippen molar-refractivity contribution in [3.05, 3.63) is 36.2 Å². The number of anilines is 1. The molecule has 21 heavy (non-hydrogen) atoms. The number of sulfonamides is 1. The number of nitrogens with two attached hydrogens (primary N) is 1. The van der Waals surface area contributed by atoms with Gasteiger partial charge in [0.25, 0.3) is 10.0 Å². The van der Waals surface area contributed by atoms with E-state index >= 15 is 0 Å². The fourth-order valence-electron chi connectivity index (χ4n) is 1.61. The summed E-state index contributed by atoms with van der Waals surface area (Å²) in [6.45, 7) is 0.224. The molecule has 1 aromatic heterocycles. The van der Waals surface area contributed by atoms with E-state index in [0.717, 1.165) is 0 Å². The molecule has 4 N–H and O–H groups in total. The molecular formula is C13H14N4O3S. The normalized spacial score (nSPS) is 10.6. The molecule has 0 atom stereocenters. The first-order valence-electron chi connectivity index (χ1n) is 5.95. The van der Waals surface area contributed by atoms with E-state index in [4.69, 9.17) is 10.5 Å². The molecule has 2 aromatic rings. The average Bonchev–Trinajstić information content (AvgIpc) is 3.00. The topological polar surface area (TPSA) is 110 Å². The van der Waals surface area contributed by atoms with Gasteiger partial charge in [-0.2, -0.15) is 5.10 Å². The van der Waals surface area contributed by atoms with Crippen molar-refractivity contribution < 1.29 is 13.2 Å². The third-order valence-electron chi connectivity index (χ3n) is 2.56. The SMILES string of the molecule is COc1ccc(C#CCN)cc1NS(=O)(=O)c1cn[nH]c1. The predicted octanol–water partition coefficient (Wildman–Crippen LogP) is 0.529. The standard InChI is InChI=1S/C13H14N4O3S/c1-20-13-5-4-10(3-2-6-14)7-12(13)17-21(18,19)11-8-15-16-9-11/h4-5,7-9,17H,6,14H2,1H3,(H,15,16).